The van der Waals surface area contributed by atoms with Gasteiger partial charge in [-0.25, -0.2) is 9.78 Å². The van der Waals surface area contributed by atoms with E-state index in [-0.39, 0.29) is 5.97 Å². The third-order valence-electron chi connectivity index (χ3n) is 3.38. The molecule has 0 bridgehead atoms. The number of nitrogens with zero attached hydrogens (tertiary/aromatic N) is 1. The van der Waals surface area contributed by atoms with Gasteiger partial charge in [-0.3, -0.25) is 0 Å². The SMILES string of the molecule is CCC1CCC(c2ncc(C(=O)OC)s2)C1. The number of thiazole rings is 1. The lowest BCUT2D eigenvalue weighted by Crippen LogP contribution is -1.97. The van der Waals surface area contributed by atoms with Crippen LogP contribution in [0.15, 0.2) is 6.20 Å². The first-order chi connectivity index (χ1) is 7.74. The predicted molar refractivity (Wildman–Crippen MR) is 63.8 cm³/mol. The number of carbonyl (C=O) groups is 1. The van der Waals surface area contributed by atoms with Crippen LogP contribution in [0.2, 0.25) is 0 Å². The van der Waals surface area contributed by atoms with E-state index in [9.17, 15) is 4.79 Å². The Morgan fingerprint density at radius 3 is 3.06 bits per heavy atom. The van der Waals surface area contributed by atoms with E-state index in [0.717, 1.165) is 10.9 Å². The molecule has 2 atom stereocenters. The quantitative estimate of drug-likeness (QED) is 0.760. The maximum atomic E-state index is 11.3. The zero-order valence-corrected chi connectivity index (χ0v) is 10.5. The van der Waals surface area contributed by atoms with Crippen molar-refractivity contribution in [3.63, 3.8) is 0 Å². The molecule has 1 aliphatic rings. The number of esters is 1. The topological polar surface area (TPSA) is 39.2 Å². The number of hydrogen-bond donors (Lipinski definition) is 0. The highest BCUT2D eigenvalue weighted by Crippen LogP contribution is 2.40. The molecular weight excluding hydrogens is 222 g/mol. The highest BCUT2D eigenvalue weighted by atomic mass is 32.1. The minimum absolute atomic E-state index is 0.270. The number of hydrogen-bond acceptors (Lipinski definition) is 4. The van der Waals surface area contributed by atoms with Crippen molar-refractivity contribution in [1.82, 2.24) is 4.98 Å². The molecule has 2 unspecified atom stereocenters. The minimum atomic E-state index is -0.270. The Morgan fingerprint density at radius 2 is 2.44 bits per heavy atom. The van der Waals surface area contributed by atoms with Gasteiger partial charge < -0.3 is 4.74 Å². The summed E-state index contributed by atoms with van der Waals surface area (Å²) in [5.74, 6) is 1.14. The van der Waals surface area contributed by atoms with Crippen molar-refractivity contribution < 1.29 is 9.53 Å². The van der Waals surface area contributed by atoms with Gasteiger partial charge >= 0.3 is 5.97 Å². The van der Waals surface area contributed by atoms with Crippen molar-refractivity contribution in [2.45, 2.75) is 38.5 Å². The van der Waals surface area contributed by atoms with Crippen LogP contribution < -0.4 is 0 Å². The average Bonchev–Trinajstić information content (AvgIpc) is 2.95. The average molecular weight is 239 g/mol. The fourth-order valence-electron chi connectivity index (χ4n) is 2.34. The summed E-state index contributed by atoms with van der Waals surface area (Å²) in [6, 6.07) is 0. The Bertz CT molecular complexity index is 375. The molecule has 0 N–H and O–H groups in total. The first kappa shape index (κ1) is 11.6. The fraction of sp³-hybridized carbons (Fsp3) is 0.667. The van der Waals surface area contributed by atoms with E-state index in [4.69, 9.17) is 0 Å². The van der Waals surface area contributed by atoms with Gasteiger partial charge in [-0.2, -0.15) is 0 Å². The van der Waals surface area contributed by atoms with E-state index in [1.165, 1.54) is 44.1 Å². The predicted octanol–water partition coefficient (Wildman–Crippen LogP) is 3.22. The second-order valence-corrected chi connectivity index (χ2v) is 5.40. The summed E-state index contributed by atoms with van der Waals surface area (Å²) in [5.41, 5.74) is 0. The summed E-state index contributed by atoms with van der Waals surface area (Å²) in [6.45, 7) is 2.24. The molecule has 1 fully saturated rings. The lowest BCUT2D eigenvalue weighted by Gasteiger charge is -2.05. The molecule has 2 rings (SSSR count). The molecular formula is C12H17NO2S. The van der Waals surface area contributed by atoms with E-state index in [2.05, 4.69) is 16.6 Å². The first-order valence-corrected chi connectivity index (χ1v) is 6.60. The molecule has 0 aromatic carbocycles. The van der Waals surface area contributed by atoms with E-state index in [1.54, 1.807) is 6.20 Å². The standard InChI is InChI=1S/C12H17NO2S/c1-3-8-4-5-9(6-8)11-13-7-10(16-11)12(14)15-2/h7-9H,3-6H2,1-2H3. The fourth-order valence-corrected chi connectivity index (χ4v) is 3.32. The van der Waals surface area contributed by atoms with Crippen molar-refractivity contribution >= 4 is 17.3 Å². The second kappa shape index (κ2) is 4.95. The molecule has 0 saturated heterocycles. The van der Waals surface area contributed by atoms with E-state index < -0.39 is 0 Å². The molecule has 0 spiro atoms. The third-order valence-corrected chi connectivity index (χ3v) is 4.52. The van der Waals surface area contributed by atoms with Crippen LogP contribution in [-0.4, -0.2) is 18.1 Å². The third kappa shape index (κ3) is 2.26. The number of methoxy groups -OCH3 is 1. The second-order valence-electron chi connectivity index (χ2n) is 4.34. The molecule has 3 nitrogen and oxygen atoms in total. The Kier molecular flexibility index (Phi) is 3.59. The van der Waals surface area contributed by atoms with Crippen molar-refractivity contribution in [3.8, 4) is 0 Å². The van der Waals surface area contributed by atoms with Gasteiger partial charge in [0.05, 0.1) is 18.3 Å². The number of rotatable bonds is 3. The zero-order chi connectivity index (χ0) is 11.5. The van der Waals surface area contributed by atoms with Crippen LogP contribution in [-0.2, 0) is 4.74 Å². The molecule has 0 aliphatic heterocycles. The Hall–Kier alpha value is -0.900. The minimum Gasteiger partial charge on any atom is -0.465 e. The highest BCUT2D eigenvalue weighted by Gasteiger charge is 2.27. The van der Waals surface area contributed by atoms with E-state index >= 15 is 0 Å². The molecule has 1 aliphatic carbocycles. The van der Waals surface area contributed by atoms with Crippen LogP contribution in [0.3, 0.4) is 0 Å². The van der Waals surface area contributed by atoms with Gasteiger partial charge in [0.1, 0.15) is 4.88 Å². The van der Waals surface area contributed by atoms with Crippen molar-refractivity contribution in [1.29, 1.82) is 0 Å². The number of aromatic nitrogens is 1. The zero-order valence-electron chi connectivity index (χ0n) is 9.73. The number of ether oxygens (including phenoxy) is 1. The van der Waals surface area contributed by atoms with Crippen LogP contribution in [0.4, 0.5) is 0 Å². The van der Waals surface area contributed by atoms with E-state index in [1.807, 2.05) is 0 Å². The van der Waals surface area contributed by atoms with E-state index in [0.29, 0.717) is 10.8 Å². The molecule has 1 heterocycles. The van der Waals surface area contributed by atoms with Crippen LogP contribution in [0.25, 0.3) is 0 Å². The van der Waals surface area contributed by atoms with Gasteiger partial charge in [-0.05, 0) is 25.2 Å². The molecule has 1 aromatic heterocycles. The monoisotopic (exact) mass is 239 g/mol. The highest BCUT2D eigenvalue weighted by molar-refractivity contribution is 7.13. The summed E-state index contributed by atoms with van der Waals surface area (Å²) in [5, 5.41) is 1.11. The van der Waals surface area contributed by atoms with Crippen LogP contribution >= 0.6 is 11.3 Å². The van der Waals surface area contributed by atoms with Gasteiger partial charge in [0.25, 0.3) is 0 Å². The molecule has 1 saturated carbocycles. The Labute approximate surface area is 99.8 Å². The molecule has 0 radical (unpaired) electrons. The van der Waals surface area contributed by atoms with Crippen LogP contribution in [0.5, 0.6) is 0 Å². The summed E-state index contributed by atoms with van der Waals surface area (Å²) in [4.78, 5) is 16.3. The van der Waals surface area contributed by atoms with Crippen molar-refractivity contribution in [3.05, 3.63) is 16.1 Å². The van der Waals surface area contributed by atoms with Gasteiger partial charge in [0.15, 0.2) is 0 Å². The summed E-state index contributed by atoms with van der Waals surface area (Å²) < 4.78 is 4.69. The molecule has 88 valence electrons. The molecule has 16 heavy (non-hydrogen) atoms. The first-order valence-electron chi connectivity index (χ1n) is 5.78. The molecule has 4 heteroatoms. The maximum Gasteiger partial charge on any atom is 0.349 e. The van der Waals surface area contributed by atoms with Crippen LogP contribution in [0.1, 0.15) is 53.2 Å². The smallest absolute Gasteiger partial charge is 0.349 e. The van der Waals surface area contributed by atoms with Crippen LogP contribution in [0, 0.1) is 5.92 Å². The Balaban J connectivity index is 2.05. The molecule has 1 aromatic rings. The maximum absolute atomic E-state index is 11.3. The number of carbonyl (C=O) groups excluding carboxylic acids is 1. The lowest BCUT2D eigenvalue weighted by atomic mass is 10.0. The van der Waals surface area contributed by atoms with Gasteiger partial charge in [-0.1, -0.05) is 13.3 Å². The normalized spacial score (nSPS) is 24.6. The van der Waals surface area contributed by atoms with Gasteiger partial charge in [-0.15, -0.1) is 11.3 Å². The van der Waals surface area contributed by atoms with Gasteiger partial charge in [0.2, 0.25) is 0 Å². The molecule has 0 amide bonds. The van der Waals surface area contributed by atoms with Crippen molar-refractivity contribution in [2.24, 2.45) is 5.92 Å². The summed E-state index contributed by atoms with van der Waals surface area (Å²) in [7, 11) is 1.41. The largest absolute Gasteiger partial charge is 0.465 e. The Morgan fingerprint density at radius 1 is 1.62 bits per heavy atom. The lowest BCUT2D eigenvalue weighted by molar-refractivity contribution is 0.0606. The summed E-state index contributed by atoms with van der Waals surface area (Å²) >= 11 is 1.49. The summed E-state index contributed by atoms with van der Waals surface area (Å²) in [6.07, 6.45) is 6.64. The van der Waals surface area contributed by atoms with Gasteiger partial charge in [0, 0.05) is 5.92 Å². The van der Waals surface area contributed by atoms with Crippen molar-refractivity contribution in [2.75, 3.05) is 7.11 Å².